The number of hydrogen-bond donors (Lipinski definition) is 0. The molecule has 0 unspecified atom stereocenters. The van der Waals surface area contributed by atoms with E-state index in [0.29, 0.717) is 0 Å². The summed E-state index contributed by atoms with van der Waals surface area (Å²) in [5.41, 5.74) is 12.1. The summed E-state index contributed by atoms with van der Waals surface area (Å²) in [6.07, 6.45) is 0. The van der Waals surface area contributed by atoms with Gasteiger partial charge in [-0.2, -0.15) is 0 Å². The zero-order valence-electron chi connectivity index (χ0n) is 30.6. The summed E-state index contributed by atoms with van der Waals surface area (Å²) in [5.74, 6) is 0. The number of hydrogen-bond acceptors (Lipinski definition) is 2. The molecule has 0 aliphatic heterocycles. The van der Waals surface area contributed by atoms with Crippen LogP contribution in [-0.2, 0) is 0 Å². The minimum atomic E-state index is 0.908. The fourth-order valence-corrected chi connectivity index (χ4v) is 8.44. The van der Waals surface area contributed by atoms with Gasteiger partial charge in [0, 0.05) is 33.1 Å². The van der Waals surface area contributed by atoms with Crippen LogP contribution in [0.5, 0.6) is 0 Å². The van der Waals surface area contributed by atoms with Gasteiger partial charge >= 0.3 is 0 Å². The van der Waals surface area contributed by atoms with Crippen LogP contribution in [0, 0.1) is 0 Å². The molecule has 0 fully saturated rings. The minimum absolute atomic E-state index is 0.908. The molecule has 1 aromatic heterocycles. The summed E-state index contributed by atoms with van der Waals surface area (Å²) in [6.45, 7) is 0. The largest absolute Gasteiger partial charge is 0.455 e. The molecule has 0 radical (unpaired) electrons. The molecule has 10 aromatic carbocycles. The number of furan rings is 1. The van der Waals surface area contributed by atoms with Crippen molar-refractivity contribution in [1.29, 1.82) is 0 Å². The monoisotopic (exact) mass is 713 g/mol. The first kappa shape index (κ1) is 32.0. The molecule has 11 aromatic rings. The maximum absolute atomic E-state index is 6.43. The predicted molar refractivity (Wildman–Crippen MR) is 237 cm³/mol. The molecule has 11 rings (SSSR count). The zero-order valence-corrected chi connectivity index (χ0v) is 30.6. The Kier molecular flexibility index (Phi) is 7.53. The Hall–Kier alpha value is -7.42. The summed E-state index contributed by atoms with van der Waals surface area (Å²) >= 11 is 0. The molecule has 0 amide bonds. The van der Waals surface area contributed by atoms with E-state index in [1.807, 2.05) is 12.1 Å². The summed E-state index contributed by atoms with van der Waals surface area (Å²) < 4.78 is 6.43. The molecule has 0 bridgehead atoms. The van der Waals surface area contributed by atoms with E-state index in [9.17, 15) is 0 Å². The van der Waals surface area contributed by atoms with Crippen molar-refractivity contribution in [3.8, 4) is 33.4 Å². The number of para-hydroxylation sites is 2. The van der Waals surface area contributed by atoms with E-state index in [1.165, 1.54) is 54.6 Å². The number of nitrogens with zero attached hydrogens (tertiary/aromatic N) is 1. The van der Waals surface area contributed by atoms with Crippen molar-refractivity contribution in [2.24, 2.45) is 0 Å². The molecule has 0 saturated heterocycles. The third-order valence-corrected chi connectivity index (χ3v) is 11.3. The molecule has 0 N–H and O–H groups in total. The average molecular weight is 714 g/mol. The summed E-state index contributed by atoms with van der Waals surface area (Å²) in [7, 11) is 0. The highest BCUT2D eigenvalue weighted by Crippen LogP contribution is 2.44. The van der Waals surface area contributed by atoms with Crippen LogP contribution in [0.25, 0.3) is 87.6 Å². The normalized spacial score (nSPS) is 11.6. The predicted octanol–water partition coefficient (Wildman–Crippen LogP) is 15.5. The van der Waals surface area contributed by atoms with Crippen molar-refractivity contribution in [2.75, 3.05) is 4.90 Å². The molecule has 0 saturated carbocycles. The quantitative estimate of drug-likeness (QED) is 0.160. The van der Waals surface area contributed by atoms with Crippen molar-refractivity contribution in [2.45, 2.75) is 0 Å². The molecule has 0 aliphatic carbocycles. The lowest BCUT2D eigenvalue weighted by atomic mass is 9.97. The van der Waals surface area contributed by atoms with Crippen LogP contribution in [-0.4, -0.2) is 0 Å². The Morgan fingerprint density at radius 1 is 0.304 bits per heavy atom. The Bertz CT molecular complexity index is 3230. The molecule has 2 heteroatoms. The first-order chi connectivity index (χ1) is 27.7. The van der Waals surface area contributed by atoms with E-state index >= 15 is 0 Å². The fraction of sp³-hybridized carbons (Fsp3) is 0. The van der Waals surface area contributed by atoms with Gasteiger partial charge in [0.2, 0.25) is 0 Å². The number of rotatable bonds is 6. The van der Waals surface area contributed by atoms with E-state index in [4.69, 9.17) is 4.42 Å². The topological polar surface area (TPSA) is 16.4 Å². The second kappa shape index (κ2) is 13.2. The molecular formula is C54H35NO. The van der Waals surface area contributed by atoms with Crippen LogP contribution in [0.4, 0.5) is 17.1 Å². The maximum Gasteiger partial charge on any atom is 0.143 e. The van der Waals surface area contributed by atoms with Crippen molar-refractivity contribution < 1.29 is 4.42 Å². The summed E-state index contributed by atoms with van der Waals surface area (Å²) in [6, 6.07) is 76.5. The Balaban J connectivity index is 1.000. The lowest BCUT2D eigenvalue weighted by Crippen LogP contribution is -2.10. The van der Waals surface area contributed by atoms with Crippen LogP contribution in [0.15, 0.2) is 217 Å². The van der Waals surface area contributed by atoms with E-state index in [0.717, 1.165) is 50.1 Å². The second-order valence-corrected chi connectivity index (χ2v) is 14.5. The van der Waals surface area contributed by atoms with Gasteiger partial charge in [0.15, 0.2) is 0 Å². The highest BCUT2D eigenvalue weighted by atomic mass is 16.3. The number of anilines is 3. The van der Waals surface area contributed by atoms with Crippen LogP contribution < -0.4 is 4.90 Å². The first-order valence-corrected chi connectivity index (χ1v) is 19.2. The first-order valence-electron chi connectivity index (χ1n) is 19.2. The van der Waals surface area contributed by atoms with Crippen LogP contribution in [0.2, 0.25) is 0 Å². The average Bonchev–Trinajstić information content (AvgIpc) is 3.66. The van der Waals surface area contributed by atoms with Gasteiger partial charge in [0.05, 0.1) is 5.69 Å². The lowest BCUT2D eigenvalue weighted by molar-refractivity contribution is 0.670. The molecule has 0 atom stereocenters. The standard InChI is InChI=1S/C54H35NO/c1-2-11-41-34-42(25-24-36(41)10-1)39-22-20-37(21-23-39)38-26-30-44(31-27-38)55(52-35-43-12-3-4-13-46(43)48-14-5-6-15-49(48)52)45-32-28-40(29-33-45)47-17-9-18-51-50-16-7-8-19-53(50)56-54(47)51/h1-35H. The molecule has 262 valence electrons. The van der Waals surface area contributed by atoms with Gasteiger partial charge in [0.25, 0.3) is 0 Å². The highest BCUT2D eigenvalue weighted by Gasteiger charge is 2.19. The van der Waals surface area contributed by atoms with Gasteiger partial charge in [-0.1, -0.05) is 170 Å². The van der Waals surface area contributed by atoms with Crippen molar-refractivity contribution in [1.82, 2.24) is 0 Å². The molecule has 2 nitrogen and oxygen atoms in total. The number of benzene rings is 10. The molecule has 56 heavy (non-hydrogen) atoms. The van der Waals surface area contributed by atoms with Crippen LogP contribution in [0.3, 0.4) is 0 Å². The molecule has 0 spiro atoms. The minimum Gasteiger partial charge on any atom is -0.455 e. The van der Waals surface area contributed by atoms with Gasteiger partial charge in [-0.15, -0.1) is 0 Å². The second-order valence-electron chi connectivity index (χ2n) is 14.5. The SMILES string of the molecule is c1ccc2cc(-c3ccc(-c4ccc(N(c5ccc(-c6cccc7c6oc6ccccc67)cc5)c5cc6ccccc6c6ccccc56)cc4)cc3)ccc2c1. The lowest BCUT2D eigenvalue weighted by Gasteiger charge is -2.28. The number of fused-ring (bicyclic) bond motifs is 7. The van der Waals surface area contributed by atoms with E-state index in [2.05, 4.69) is 205 Å². The van der Waals surface area contributed by atoms with Crippen molar-refractivity contribution >= 4 is 71.3 Å². The smallest absolute Gasteiger partial charge is 0.143 e. The van der Waals surface area contributed by atoms with Gasteiger partial charge in [-0.3, -0.25) is 0 Å². The van der Waals surface area contributed by atoms with E-state index in [-0.39, 0.29) is 0 Å². The van der Waals surface area contributed by atoms with Crippen molar-refractivity contribution in [3.63, 3.8) is 0 Å². The van der Waals surface area contributed by atoms with E-state index in [1.54, 1.807) is 0 Å². The summed E-state index contributed by atoms with van der Waals surface area (Å²) in [5, 5.41) is 9.69. The van der Waals surface area contributed by atoms with Gasteiger partial charge < -0.3 is 9.32 Å². The fourth-order valence-electron chi connectivity index (χ4n) is 8.44. The van der Waals surface area contributed by atoms with Crippen LogP contribution in [0.1, 0.15) is 0 Å². The Labute approximate surface area is 325 Å². The van der Waals surface area contributed by atoms with Gasteiger partial charge in [-0.25, -0.2) is 0 Å². The third-order valence-electron chi connectivity index (χ3n) is 11.3. The highest BCUT2D eigenvalue weighted by molar-refractivity contribution is 6.15. The van der Waals surface area contributed by atoms with Gasteiger partial charge in [-0.05, 0) is 97.2 Å². The van der Waals surface area contributed by atoms with Gasteiger partial charge in [0.1, 0.15) is 11.2 Å². The van der Waals surface area contributed by atoms with E-state index < -0.39 is 0 Å². The Morgan fingerprint density at radius 2 is 0.821 bits per heavy atom. The van der Waals surface area contributed by atoms with Crippen molar-refractivity contribution in [3.05, 3.63) is 212 Å². The Morgan fingerprint density at radius 3 is 1.55 bits per heavy atom. The maximum atomic E-state index is 6.43. The van der Waals surface area contributed by atoms with Crippen LogP contribution >= 0.6 is 0 Å². The zero-order chi connectivity index (χ0) is 37.0. The molecule has 0 aliphatic rings. The molecular weight excluding hydrogens is 679 g/mol. The molecule has 1 heterocycles. The third kappa shape index (κ3) is 5.42. The summed E-state index contributed by atoms with van der Waals surface area (Å²) in [4.78, 5) is 2.40.